The Balaban J connectivity index is 3.33. The van der Waals surface area contributed by atoms with Gasteiger partial charge in [-0.2, -0.15) is 0 Å². The molecule has 0 aliphatic heterocycles. The number of benzene rings is 1. The summed E-state index contributed by atoms with van der Waals surface area (Å²) in [6.07, 6.45) is 0.574. The Hall–Kier alpha value is -1.77. The second-order valence-corrected chi connectivity index (χ2v) is 7.94. The van der Waals surface area contributed by atoms with Crippen LogP contribution in [0.5, 0.6) is 5.75 Å². The van der Waals surface area contributed by atoms with Crippen LogP contribution in [0.15, 0.2) is 29.3 Å². The van der Waals surface area contributed by atoms with Gasteiger partial charge in [0, 0.05) is 5.57 Å². The first-order valence-corrected chi connectivity index (χ1v) is 7.60. The predicted octanol–water partition coefficient (Wildman–Crippen LogP) is 4.68. The van der Waals surface area contributed by atoms with E-state index in [1.54, 1.807) is 13.0 Å². The van der Waals surface area contributed by atoms with Gasteiger partial charge in [-0.1, -0.05) is 59.2 Å². The standard InChI is InChI=1S/C19H28O3/c1-12(17(21)22)14(18(2,3)4)10-13-8-9-16(20)15(11-13)19(5,6)7/h8-9,11,20H,10H2,1-7H3,(H,21,22). The number of carboxylic acids is 1. The minimum absolute atomic E-state index is 0.159. The van der Waals surface area contributed by atoms with Crippen molar-refractivity contribution in [3.63, 3.8) is 0 Å². The van der Waals surface area contributed by atoms with Crippen LogP contribution in [0.4, 0.5) is 0 Å². The van der Waals surface area contributed by atoms with E-state index in [1.807, 2.05) is 32.9 Å². The molecule has 0 amide bonds. The lowest BCUT2D eigenvalue weighted by atomic mass is 9.79. The zero-order valence-corrected chi connectivity index (χ0v) is 14.7. The van der Waals surface area contributed by atoms with E-state index < -0.39 is 5.97 Å². The normalized spacial score (nSPS) is 13.8. The fourth-order valence-electron chi connectivity index (χ4n) is 2.59. The highest BCUT2D eigenvalue weighted by Crippen LogP contribution is 2.35. The summed E-state index contributed by atoms with van der Waals surface area (Å²) in [4.78, 5) is 11.4. The molecule has 1 rings (SSSR count). The number of carbonyl (C=O) groups is 1. The number of hydrogen-bond donors (Lipinski definition) is 2. The Kier molecular flexibility index (Phi) is 5.11. The molecule has 122 valence electrons. The summed E-state index contributed by atoms with van der Waals surface area (Å²) in [7, 11) is 0. The number of phenolic OH excluding ortho intramolecular Hbond substituents is 1. The second kappa shape index (κ2) is 6.15. The minimum Gasteiger partial charge on any atom is -0.508 e. The van der Waals surface area contributed by atoms with Crippen molar-refractivity contribution >= 4 is 5.97 Å². The van der Waals surface area contributed by atoms with E-state index in [2.05, 4.69) is 20.8 Å². The molecule has 2 N–H and O–H groups in total. The number of aliphatic carboxylic acids is 1. The molecular formula is C19H28O3. The molecule has 22 heavy (non-hydrogen) atoms. The summed E-state index contributed by atoms with van der Waals surface area (Å²) >= 11 is 0. The monoisotopic (exact) mass is 304 g/mol. The van der Waals surface area contributed by atoms with Gasteiger partial charge in [0.15, 0.2) is 0 Å². The van der Waals surface area contributed by atoms with Crippen LogP contribution in [0.3, 0.4) is 0 Å². The van der Waals surface area contributed by atoms with Crippen LogP contribution in [0.2, 0.25) is 0 Å². The molecule has 0 saturated heterocycles. The smallest absolute Gasteiger partial charge is 0.331 e. The highest BCUT2D eigenvalue weighted by molar-refractivity contribution is 5.87. The van der Waals surface area contributed by atoms with Gasteiger partial charge in [-0.25, -0.2) is 4.79 Å². The van der Waals surface area contributed by atoms with E-state index in [0.29, 0.717) is 12.0 Å². The highest BCUT2D eigenvalue weighted by Gasteiger charge is 2.24. The largest absolute Gasteiger partial charge is 0.508 e. The molecule has 3 heteroatoms. The molecule has 0 heterocycles. The van der Waals surface area contributed by atoms with E-state index in [-0.39, 0.29) is 16.6 Å². The third-order valence-electron chi connectivity index (χ3n) is 3.93. The van der Waals surface area contributed by atoms with E-state index in [0.717, 1.165) is 16.7 Å². The quantitative estimate of drug-likeness (QED) is 0.797. The second-order valence-electron chi connectivity index (χ2n) is 7.94. The number of aromatic hydroxyl groups is 1. The fourth-order valence-corrected chi connectivity index (χ4v) is 2.59. The van der Waals surface area contributed by atoms with Gasteiger partial charge < -0.3 is 10.2 Å². The van der Waals surface area contributed by atoms with Gasteiger partial charge in [0.25, 0.3) is 0 Å². The predicted molar refractivity (Wildman–Crippen MR) is 90.3 cm³/mol. The van der Waals surface area contributed by atoms with Crippen molar-refractivity contribution in [3.8, 4) is 5.75 Å². The lowest BCUT2D eigenvalue weighted by Gasteiger charge is -2.26. The zero-order valence-electron chi connectivity index (χ0n) is 14.7. The van der Waals surface area contributed by atoms with Gasteiger partial charge in [0.1, 0.15) is 5.75 Å². The van der Waals surface area contributed by atoms with Gasteiger partial charge in [0.2, 0.25) is 0 Å². The third-order valence-corrected chi connectivity index (χ3v) is 3.93. The molecule has 0 spiro atoms. The first-order chi connectivity index (χ1) is 9.84. The molecule has 1 aromatic carbocycles. The maximum Gasteiger partial charge on any atom is 0.331 e. The van der Waals surface area contributed by atoms with Crippen LogP contribution in [-0.4, -0.2) is 16.2 Å². The highest BCUT2D eigenvalue weighted by atomic mass is 16.4. The van der Waals surface area contributed by atoms with Crippen LogP contribution in [0.1, 0.15) is 59.6 Å². The van der Waals surface area contributed by atoms with Crippen molar-refractivity contribution in [2.24, 2.45) is 5.41 Å². The lowest BCUT2D eigenvalue weighted by Crippen LogP contribution is -2.18. The average Bonchev–Trinajstić information content (AvgIpc) is 2.33. The molecule has 0 radical (unpaired) electrons. The molecule has 0 atom stereocenters. The van der Waals surface area contributed by atoms with Crippen molar-refractivity contribution in [1.29, 1.82) is 0 Å². The average molecular weight is 304 g/mol. The first-order valence-electron chi connectivity index (χ1n) is 7.60. The number of hydrogen-bond acceptors (Lipinski definition) is 2. The number of carboxylic acid groups (broad SMARTS) is 1. The third kappa shape index (κ3) is 4.36. The van der Waals surface area contributed by atoms with Gasteiger partial charge >= 0.3 is 5.97 Å². The molecule has 0 aliphatic rings. The number of allylic oxidation sites excluding steroid dienone is 1. The molecule has 0 fully saturated rings. The maximum absolute atomic E-state index is 11.4. The topological polar surface area (TPSA) is 57.5 Å². The molecule has 0 aliphatic carbocycles. The van der Waals surface area contributed by atoms with Gasteiger partial charge in [0.05, 0.1) is 0 Å². The zero-order chi connectivity index (χ0) is 17.3. The minimum atomic E-state index is -0.875. The number of rotatable bonds is 3. The fraction of sp³-hybridized carbons (Fsp3) is 0.526. The van der Waals surface area contributed by atoms with E-state index >= 15 is 0 Å². The Morgan fingerprint density at radius 1 is 1.09 bits per heavy atom. The Labute approximate surface area is 133 Å². The summed E-state index contributed by atoms with van der Waals surface area (Å²) in [5.41, 5.74) is 2.83. The van der Waals surface area contributed by atoms with Gasteiger partial charge in [-0.3, -0.25) is 0 Å². The van der Waals surface area contributed by atoms with Crippen LogP contribution in [0.25, 0.3) is 0 Å². The summed E-state index contributed by atoms with van der Waals surface area (Å²) in [6.45, 7) is 13.9. The summed E-state index contributed by atoms with van der Waals surface area (Å²) in [6, 6.07) is 5.55. The summed E-state index contributed by atoms with van der Waals surface area (Å²) in [5.74, 6) is -0.591. The van der Waals surface area contributed by atoms with Crippen LogP contribution < -0.4 is 0 Å². The van der Waals surface area contributed by atoms with E-state index in [9.17, 15) is 15.0 Å². The lowest BCUT2D eigenvalue weighted by molar-refractivity contribution is -0.132. The van der Waals surface area contributed by atoms with Crippen molar-refractivity contribution in [1.82, 2.24) is 0 Å². The molecule has 3 nitrogen and oxygen atoms in total. The van der Waals surface area contributed by atoms with E-state index in [1.165, 1.54) is 0 Å². The van der Waals surface area contributed by atoms with Crippen molar-refractivity contribution < 1.29 is 15.0 Å². The Bertz CT molecular complexity index is 596. The van der Waals surface area contributed by atoms with E-state index in [4.69, 9.17) is 0 Å². The molecule has 0 bridgehead atoms. The summed E-state index contributed by atoms with van der Waals surface area (Å²) < 4.78 is 0. The van der Waals surface area contributed by atoms with Crippen molar-refractivity contribution in [3.05, 3.63) is 40.5 Å². The van der Waals surface area contributed by atoms with Crippen LogP contribution in [-0.2, 0) is 16.6 Å². The molecule has 1 aromatic rings. The summed E-state index contributed by atoms with van der Waals surface area (Å²) in [5, 5.41) is 19.4. The SMILES string of the molecule is CC(C(=O)O)=C(Cc1ccc(O)c(C(C)(C)C)c1)C(C)(C)C. The Morgan fingerprint density at radius 2 is 1.64 bits per heavy atom. The molecule has 0 saturated carbocycles. The van der Waals surface area contributed by atoms with Gasteiger partial charge in [-0.05, 0) is 41.4 Å². The van der Waals surface area contributed by atoms with Crippen LogP contribution in [0, 0.1) is 5.41 Å². The van der Waals surface area contributed by atoms with Crippen molar-refractivity contribution in [2.45, 2.75) is 60.3 Å². The molecule has 0 aromatic heterocycles. The van der Waals surface area contributed by atoms with Crippen molar-refractivity contribution in [2.75, 3.05) is 0 Å². The Morgan fingerprint density at radius 3 is 2.05 bits per heavy atom. The maximum atomic E-state index is 11.4. The van der Waals surface area contributed by atoms with Gasteiger partial charge in [-0.15, -0.1) is 0 Å². The number of phenols is 1. The van der Waals surface area contributed by atoms with Crippen LogP contribution >= 0.6 is 0 Å². The molecular weight excluding hydrogens is 276 g/mol. The molecule has 0 unspecified atom stereocenters. The first kappa shape index (κ1) is 18.3.